The Kier molecular flexibility index (Phi) is 6.41. The molecule has 9 heteroatoms. The van der Waals surface area contributed by atoms with Crippen molar-refractivity contribution in [3.05, 3.63) is 52.2 Å². The van der Waals surface area contributed by atoms with E-state index in [1.807, 2.05) is 26.2 Å². The van der Waals surface area contributed by atoms with Crippen LogP contribution in [0.2, 0.25) is 0 Å². The van der Waals surface area contributed by atoms with Gasteiger partial charge in [0, 0.05) is 31.7 Å². The van der Waals surface area contributed by atoms with Gasteiger partial charge >= 0.3 is 11.8 Å². The number of carbonyl (C=O) groups is 3. The van der Waals surface area contributed by atoms with Gasteiger partial charge in [0.05, 0.1) is 5.56 Å². The maximum Gasteiger partial charge on any atom is 0.314 e. The number of amides is 3. The summed E-state index contributed by atoms with van der Waals surface area (Å²) in [6.07, 6.45) is 0. The van der Waals surface area contributed by atoms with Crippen LogP contribution in [0.15, 0.2) is 29.6 Å². The van der Waals surface area contributed by atoms with Crippen molar-refractivity contribution in [2.75, 3.05) is 31.5 Å². The molecule has 1 aliphatic heterocycles. The lowest BCUT2D eigenvalue weighted by atomic mass is 9.86. The number of nitrogens with zero attached hydrogens (tertiary/aromatic N) is 3. The summed E-state index contributed by atoms with van der Waals surface area (Å²) in [5.74, 6) is -2.18. The van der Waals surface area contributed by atoms with Crippen LogP contribution in [0.25, 0.3) is 0 Å². The second-order valence-electron chi connectivity index (χ2n) is 8.26. The molecule has 0 radical (unpaired) electrons. The van der Waals surface area contributed by atoms with E-state index in [0.29, 0.717) is 16.1 Å². The van der Waals surface area contributed by atoms with Crippen molar-refractivity contribution in [2.24, 2.45) is 0 Å². The van der Waals surface area contributed by atoms with Gasteiger partial charge in [0.15, 0.2) is 0 Å². The zero-order valence-corrected chi connectivity index (χ0v) is 18.4. The molecule has 1 N–H and O–H groups in total. The minimum atomic E-state index is -0.808. The van der Waals surface area contributed by atoms with E-state index in [0.717, 1.165) is 5.56 Å². The Morgan fingerprint density at radius 2 is 1.65 bits per heavy atom. The molecule has 0 unspecified atom stereocenters. The Hall–Kier alpha value is -3.25. The van der Waals surface area contributed by atoms with Crippen molar-refractivity contribution in [1.82, 2.24) is 9.80 Å². The van der Waals surface area contributed by atoms with Gasteiger partial charge in [-0.15, -0.1) is 11.3 Å². The van der Waals surface area contributed by atoms with Crippen molar-refractivity contribution in [3.8, 4) is 6.07 Å². The monoisotopic (exact) mass is 442 g/mol. The van der Waals surface area contributed by atoms with Crippen LogP contribution in [0.1, 0.15) is 42.3 Å². The first-order valence-electron chi connectivity index (χ1n) is 9.79. The quantitative estimate of drug-likeness (QED) is 0.724. The number of nitriles is 1. The van der Waals surface area contributed by atoms with E-state index in [9.17, 15) is 24.0 Å². The normalized spacial score (nSPS) is 14.2. The predicted octanol–water partition coefficient (Wildman–Crippen LogP) is 2.98. The number of rotatable bonds is 2. The van der Waals surface area contributed by atoms with Crippen LogP contribution in [0.4, 0.5) is 9.39 Å². The molecule has 0 aliphatic carbocycles. The van der Waals surface area contributed by atoms with Gasteiger partial charge in [0.1, 0.15) is 16.9 Å². The lowest BCUT2D eigenvalue weighted by Gasteiger charge is -2.34. The highest BCUT2D eigenvalue weighted by Crippen LogP contribution is 2.35. The van der Waals surface area contributed by atoms with Crippen molar-refractivity contribution in [3.63, 3.8) is 0 Å². The van der Waals surface area contributed by atoms with Gasteiger partial charge in [-0.25, -0.2) is 4.39 Å². The highest BCUT2D eigenvalue weighted by Gasteiger charge is 2.30. The first-order chi connectivity index (χ1) is 14.6. The standard InChI is InChI=1S/C22H23FN4O3S/c1-22(2,3)17-13-31-19(16(17)12-24)25-18(28)21(30)27-10-8-26(9-11-27)20(29)14-4-6-15(23)7-5-14/h4-7,13H,8-11H2,1-3H3,(H,25,28). The van der Waals surface area contributed by atoms with Gasteiger partial charge in [0.2, 0.25) is 0 Å². The van der Waals surface area contributed by atoms with E-state index < -0.39 is 17.6 Å². The third-order valence-electron chi connectivity index (χ3n) is 5.08. The number of hydrogen-bond acceptors (Lipinski definition) is 5. The van der Waals surface area contributed by atoms with E-state index in [1.54, 1.807) is 4.90 Å². The van der Waals surface area contributed by atoms with Gasteiger partial charge in [-0.3, -0.25) is 14.4 Å². The molecule has 31 heavy (non-hydrogen) atoms. The second-order valence-corrected chi connectivity index (χ2v) is 9.14. The lowest BCUT2D eigenvalue weighted by Crippen LogP contribution is -2.53. The van der Waals surface area contributed by atoms with Crippen LogP contribution in [-0.2, 0) is 15.0 Å². The number of carbonyl (C=O) groups excluding carboxylic acids is 3. The van der Waals surface area contributed by atoms with E-state index >= 15 is 0 Å². The fraction of sp³-hybridized carbons (Fsp3) is 0.364. The summed E-state index contributed by atoms with van der Waals surface area (Å²) < 4.78 is 13.0. The summed E-state index contributed by atoms with van der Waals surface area (Å²) in [4.78, 5) is 40.5. The molecule has 0 bridgehead atoms. The van der Waals surface area contributed by atoms with Crippen LogP contribution < -0.4 is 5.32 Å². The van der Waals surface area contributed by atoms with E-state index in [4.69, 9.17) is 0 Å². The fourth-order valence-electron chi connectivity index (χ4n) is 3.30. The largest absolute Gasteiger partial charge is 0.335 e. The summed E-state index contributed by atoms with van der Waals surface area (Å²) in [5.41, 5.74) is 1.29. The molecule has 3 rings (SSSR count). The Morgan fingerprint density at radius 1 is 1.06 bits per heavy atom. The highest BCUT2D eigenvalue weighted by molar-refractivity contribution is 7.14. The van der Waals surface area contributed by atoms with Crippen molar-refractivity contribution < 1.29 is 18.8 Å². The number of thiophene rings is 1. The number of halogens is 1. The molecule has 3 amide bonds. The summed E-state index contributed by atoms with van der Waals surface area (Å²) in [7, 11) is 0. The maximum absolute atomic E-state index is 13.0. The zero-order valence-electron chi connectivity index (χ0n) is 17.6. The molecule has 1 saturated heterocycles. The molecule has 2 heterocycles. The lowest BCUT2D eigenvalue weighted by molar-refractivity contribution is -0.144. The molecule has 1 aliphatic rings. The molecular formula is C22H23FN4O3S. The second kappa shape index (κ2) is 8.86. The van der Waals surface area contributed by atoms with E-state index in [-0.39, 0.29) is 37.5 Å². The molecule has 2 aromatic rings. The first-order valence-corrected chi connectivity index (χ1v) is 10.7. The number of piperazine rings is 1. The van der Waals surface area contributed by atoms with Crippen LogP contribution in [0.3, 0.4) is 0 Å². The molecule has 1 fully saturated rings. The summed E-state index contributed by atoms with van der Waals surface area (Å²) >= 11 is 1.22. The van der Waals surface area contributed by atoms with E-state index in [1.165, 1.54) is 40.5 Å². The topological polar surface area (TPSA) is 93.5 Å². The number of hydrogen-bond donors (Lipinski definition) is 1. The maximum atomic E-state index is 13.0. The smallest absolute Gasteiger partial charge is 0.314 e. The Balaban J connectivity index is 1.60. The van der Waals surface area contributed by atoms with Crippen LogP contribution >= 0.6 is 11.3 Å². The predicted molar refractivity (Wildman–Crippen MR) is 115 cm³/mol. The molecular weight excluding hydrogens is 419 g/mol. The Labute approximate surface area is 184 Å². The fourth-order valence-corrected chi connectivity index (χ4v) is 4.43. The van der Waals surface area contributed by atoms with Gasteiger partial charge in [-0.1, -0.05) is 20.8 Å². The van der Waals surface area contributed by atoms with Crippen LogP contribution in [-0.4, -0.2) is 53.7 Å². The summed E-state index contributed by atoms with van der Waals surface area (Å²) in [5, 5.41) is 14.2. The summed E-state index contributed by atoms with van der Waals surface area (Å²) in [6, 6.07) is 7.40. The van der Waals surface area contributed by atoms with Crippen molar-refractivity contribution >= 4 is 34.1 Å². The number of benzene rings is 1. The highest BCUT2D eigenvalue weighted by atomic mass is 32.1. The van der Waals surface area contributed by atoms with Crippen molar-refractivity contribution in [2.45, 2.75) is 26.2 Å². The third-order valence-corrected chi connectivity index (χ3v) is 5.97. The first kappa shape index (κ1) is 22.4. The van der Waals surface area contributed by atoms with Gasteiger partial charge < -0.3 is 15.1 Å². The van der Waals surface area contributed by atoms with Gasteiger partial charge in [-0.05, 0) is 40.6 Å². The van der Waals surface area contributed by atoms with Gasteiger partial charge in [0.25, 0.3) is 5.91 Å². The molecule has 162 valence electrons. The SMILES string of the molecule is CC(C)(C)c1csc(NC(=O)C(=O)N2CCN(C(=O)c3ccc(F)cc3)CC2)c1C#N. The van der Waals surface area contributed by atoms with E-state index in [2.05, 4.69) is 11.4 Å². The van der Waals surface area contributed by atoms with Crippen LogP contribution in [0, 0.1) is 17.1 Å². The molecule has 1 aromatic carbocycles. The number of anilines is 1. The number of nitrogens with one attached hydrogen (secondary N) is 1. The molecule has 0 spiro atoms. The minimum Gasteiger partial charge on any atom is -0.335 e. The Bertz CT molecular complexity index is 1040. The minimum absolute atomic E-state index is 0.210. The zero-order chi connectivity index (χ0) is 22.8. The van der Waals surface area contributed by atoms with Crippen molar-refractivity contribution in [1.29, 1.82) is 5.26 Å². The third kappa shape index (κ3) is 4.91. The van der Waals surface area contributed by atoms with Gasteiger partial charge in [-0.2, -0.15) is 5.26 Å². The molecule has 7 nitrogen and oxygen atoms in total. The van der Waals surface area contributed by atoms with Crippen LogP contribution in [0.5, 0.6) is 0 Å². The average Bonchev–Trinajstić information content (AvgIpc) is 3.16. The summed E-state index contributed by atoms with van der Waals surface area (Å²) in [6.45, 7) is 6.87. The molecule has 0 saturated carbocycles. The molecule has 0 atom stereocenters. The molecule has 1 aromatic heterocycles. The average molecular weight is 443 g/mol. The Morgan fingerprint density at radius 3 is 2.19 bits per heavy atom.